The monoisotopic (exact) mass is 258 g/mol. The Morgan fingerprint density at radius 1 is 1.18 bits per heavy atom. The van der Waals surface area contributed by atoms with Crippen LogP contribution in [-0.4, -0.2) is 16.8 Å². The van der Waals surface area contributed by atoms with Crippen LogP contribution in [0.25, 0.3) is 0 Å². The number of rotatable bonds is 2. The summed E-state index contributed by atoms with van der Waals surface area (Å²) in [6.07, 6.45) is 0.0351. The average molecular weight is 258 g/mol. The zero-order valence-corrected chi connectivity index (χ0v) is 12.7. The highest BCUT2D eigenvalue weighted by Crippen LogP contribution is 2.61. The van der Waals surface area contributed by atoms with Crippen LogP contribution in [0.5, 0.6) is 0 Å². The summed E-state index contributed by atoms with van der Waals surface area (Å²) in [5, 5.41) is 10.7. The minimum atomic E-state index is -1.18. The molecule has 1 saturated heterocycles. The summed E-state index contributed by atoms with van der Waals surface area (Å²) in [5.74, 6) is 0.291. The van der Waals surface area contributed by atoms with E-state index in [1.54, 1.807) is 6.92 Å². The molecule has 1 aliphatic rings. The van der Waals surface area contributed by atoms with E-state index >= 15 is 0 Å². The first-order valence-electron chi connectivity index (χ1n) is 5.87. The number of allylic oxidation sites excluding steroid dienone is 4. The number of hydrogen-bond donors (Lipinski definition) is 1. The van der Waals surface area contributed by atoms with Crippen molar-refractivity contribution in [3.63, 3.8) is 0 Å². The van der Waals surface area contributed by atoms with Crippen LogP contribution in [0, 0.1) is 0 Å². The van der Waals surface area contributed by atoms with Gasteiger partial charge >= 0.3 is 0 Å². The van der Waals surface area contributed by atoms with Crippen LogP contribution in [0.1, 0.15) is 48.5 Å². The van der Waals surface area contributed by atoms with Crippen molar-refractivity contribution in [3.05, 3.63) is 22.2 Å². The van der Waals surface area contributed by atoms with E-state index in [1.807, 2.05) is 41.5 Å². The zero-order valence-electron chi connectivity index (χ0n) is 11.8. The quantitative estimate of drug-likeness (QED) is 0.445. The molecule has 0 spiro atoms. The first-order valence-corrected chi connectivity index (χ1v) is 7.05. The Kier molecular flexibility index (Phi) is 4.40. The molecule has 0 amide bonds. The van der Waals surface area contributed by atoms with E-state index in [9.17, 15) is 5.11 Å². The Bertz CT molecular complexity index is 361. The van der Waals surface area contributed by atoms with Gasteiger partial charge in [0.2, 0.25) is 8.38 Å². The van der Waals surface area contributed by atoms with Gasteiger partial charge in [-0.25, -0.2) is 0 Å². The fraction of sp³-hybridized carbons (Fsp3) is 0.692. The molecule has 98 valence electrons. The maximum absolute atomic E-state index is 9.85. The van der Waals surface area contributed by atoms with Crippen LogP contribution < -0.4 is 0 Å². The zero-order chi connectivity index (χ0) is 13.4. The van der Waals surface area contributed by atoms with Crippen molar-refractivity contribution in [1.82, 2.24) is 0 Å². The Balaban J connectivity index is 3.07. The van der Waals surface area contributed by atoms with E-state index in [4.69, 9.17) is 9.05 Å². The molecule has 0 aromatic carbocycles. The molecular formula is C13H23O3P. The predicted octanol–water partition coefficient (Wildman–Crippen LogP) is 4.66. The van der Waals surface area contributed by atoms with Crippen LogP contribution in [-0.2, 0) is 9.05 Å². The largest absolute Gasteiger partial charge is 0.512 e. The minimum Gasteiger partial charge on any atom is -0.512 e. The molecular weight excluding hydrogens is 235 g/mol. The highest BCUT2D eigenvalue weighted by molar-refractivity contribution is 7.52. The van der Waals surface area contributed by atoms with Crippen molar-refractivity contribution in [3.8, 4) is 0 Å². The summed E-state index contributed by atoms with van der Waals surface area (Å²) in [6.45, 7) is 13.8. The van der Waals surface area contributed by atoms with E-state index in [0.29, 0.717) is 5.76 Å². The lowest BCUT2D eigenvalue weighted by molar-refractivity contribution is 0.0854. The topological polar surface area (TPSA) is 38.7 Å². The van der Waals surface area contributed by atoms with Crippen molar-refractivity contribution in [2.75, 3.05) is 0 Å². The molecule has 1 heterocycles. The summed E-state index contributed by atoms with van der Waals surface area (Å²) >= 11 is 0. The lowest BCUT2D eigenvalue weighted by Crippen LogP contribution is -2.29. The Labute approximate surface area is 105 Å². The van der Waals surface area contributed by atoms with Gasteiger partial charge in [-0.3, -0.25) is 0 Å². The maximum Gasteiger partial charge on any atom is 0.209 e. The lowest BCUT2D eigenvalue weighted by atomic mass is 10.0. The summed E-state index contributed by atoms with van der Waals surface area (Å²) in [6, 6.07) is 0. The normalized spacial score (nSPS) is 28.9. The number of aliphatic hydroxyl groups excluding tert-OH is 1. The standard InChI is InChI=1S/C13H23O3P/c1-8(2)9(3)12(10(4)14)17-15-11(5)13(6,7)16-17/h11,14H,1-7H3/b12-10+. The van der Waals surface area contributed by atoms with Gasteiger partial charge in [-0.05, 0) is 54.0 Å². The smallest absolute Gasteiger partial charge is 0.209 e. The Morgan fingerprint density at radius 2 is 1.71 bits per heavy atom. The average Bonchev–Trinajstić information content (AvgIpc) is 2.40. The van der Waals surface area contributed by atoms with Gasteiger partial charge in [-0.1, -0.05) is 5.57 Å². The lowest BCUT2D eigenvalue weighted by Gasteiger charge is -2.20. The molecule has 3 nitrogen and oxygen atoms in total. The van der Waals surface area contributed by atoms with E-state index in [0.717, 1.165) is 10.9 Å². The molecule has 17 heavy (non-hydrogen) atoms. The molecule has 0 aromatic heterocycles. The second-order valence-corrected chi connectivity index (χ2v) is 6.61. The summed E-state index contributed by atoms with van der Waals surface area (Å²) in [5.41, 5.74) is 1.93. The second kappa shape index (κ2) is 5.09. The van der Waals surface area contributed by atoms with Gasteiger partial charge in [-0.2, -0.15) is 0 Å². The summed E-state index contributed by atoms with van der Waals surface area (Å²) in [7, 11) is -1.18. The van der Waals surface area contributed by atoms with Gasteiger partial charge < -0.3 is 14.2 Å². The molecule has 0 radical (unpaired) electrons. The van der Waals surface area contributed by atoms with E-state index in [-0.39, 0.29) is 11.7 Å². The van der Waals surface area contributed by atoms with Crippen molar-refractivity contribution in [2.45, 2.75) is 60.2 Å². The molecule has 4 heteroatoms. The van der Waals surface area contributed by atoms with E-state index < -0.39 is 8.38 Å². The van der Waals surface area contributed by atoms with Crippen molar-refractivity contribution >= 4 is 8.38 Å². The third kappa shape index (κ3) is 3.09. The molecule has 2 atom stereocenters. The maximum atomic E-state index is 9.85. The molecule has 1 rings (SSSR count). The third-order valence-electron chi connectivity index (χ3n) is 3.18. The van der Waals surface area contributed by atoms with E-state index in [2.05, 4.69) is 0 Å². The van der Waals surface area contributed by atoms with Crippen LogP contribution in [0.3, 0.4) is 0 Å². The Hall–Kier alpha value is -0.370. The van der Waals surface area contributed by atoms with Crippen molar-refractivity contribution < 1.29 is 14.2 Å². The first kappa shape index (κ1) is 14.7. The molecule has 0 aliphatic carbocycles. The Morgan fingerprint density at radius 3 is 2.00 bits per heavy atom. The first-order chi connectivity index (χ1) is 7.66. The molecule has 0 saturated carbocycles. The van der Waals surface area contributed by atoms with Gasteiger partial charge in [0.15, 0.2) is 0 Å². The van der Waals surface area contributed by atoms with Gasteiger partial charge in [0, 0.05) is 0 Å². The molecule has 1 N–H and O–H groups in total. The fourth-order valence-electron chi connectivity index (χ4n) is 1.46. The predicted molar refractivity (Wildman–Crippen MR) is 72.0 cm³/mol. The highest BCUT2D eigenvalue weighted by Gasteiger charge is 2.43. The van der Waals surface area contributed by atoms with Gasteiger partial charge in [-0.15, -0.1) is 0 Å². The van der Waals surface area contributed by atoms with Gasteiger partial charge in [0.1, 0.15) is 5.76 Å². The SMILES string of the molecule is CC(C)=C(C)/C(=C(/C)O)P1OC(C)C(C)(C)O1. The minimum absolute atomic E-state index is 0.0351. The van der Waals surface area contributed by atoms with Crippen LogP contribution >= 0.6 is 8.38 Å². The van der Waals surface area contributed by atoms with Gasteiger partial charge in [0.25, 0.3) is 0 Å². The summed E-state index contributed by atoms with van der Waals surface area (Å²) < 4.78 is 11.8. The van der Waals surface area contributed by atoms with Crippen molar-refractivity contribution in [2.24, 2.45) is 0 Å². The van der Waals surface area contributed by atoms with Crippen LogP contribution in [0.15, 0.2) is 22.2 Å². The molecule has 2 unspecified atom stereocenters. The second-order valence-electron chi connectivity index (χ2n) is 5.26. The number of hydrogen-bond acceptors (Lipinski definition) is 3. The molecule has 0 aromatic rings. The molecule has 0 bridgehead atoms. The summed E-state index contributed by atoms with van der Waals surface area (Å²) in [4.78, 5) is 0. The third-order valence-corrected chi connectivity index (χ3v) is 5.35. The van der Waals surface area contributed by atoms with Gasteiger partial charge in [0.05, 0.1) is 17.0 Å². The fourth-order valence-corrected chi connectivity index (χ4v) is 3.57. The van der Waals surface area contributed by atoms with E-state index in [1.165, 1.54) is 5.57 Å². The highest BCUT2D eigenvalue weighted by atomic mass is 31.2. The van der Waals surface area contributed by atoms with Crippen LogP contribution in [0.4, 0.5) is 0 Å². The van der Waals surface area contributed by atoms with Crippen LogP contribution in [0.2, 0.25) is 0 Å². The number of aliphatic hydroxyl groups is 1. The molecule has 1 fully saturated rings. The van der Waals surface area contributed by atoms with Crippen molar-refractivity contribution in [1.29, 1.82) is 0 Å². The molecule has 1 aliphatic heterocycles.